The number of hydrogen-bond donors (Lipinski definition) is 1. The smallest absolute Gasteiger partial charge is 0.335 e. The van der Waals surface area contributed by atoms with Gasteiger partial charge in [0.2, 0.25) is 0 Å². The summed E-state index contributed by atoms with van der Waals surface area (Å²) in [6.07, 6.45) is 3.15. The fourth-order valence-corrected chi connectivity index (χ4v) is 2.12. The average molecular weight is 284 g/mol. The molecule has 108 valence electrons. The molecule has 1 N–H and O–H groups in total. The summed E-state index contributed by atoms with van der Waals surface area (Å²) in [5, 5.41) is 13.0. The second-order valence-corrected chi connectivity index (χ2v) is 4.79. The van der Waals surface area contributed by atoms with Crippen molar-refractivity contribution >= 4 is 17.8 Å². The molecule has 0 fully saturated rings. The molecule has 0 amide bonds. The summed E-state index contributed by atoms with van der Waals surface area (Å²) in [6.45, 7) is 3.65. The van der Waals surface area contributed by atoms with E-state index in [0.29, 0.717) is 11.3 Å². The predicted octanol–water partition coefficient (Wildman–Crippen LogP) is 2.63. The maximum Gasteiger partial charge on any atom is 0.335 e. The number of allylic oxidation sites excluding steroid dienone is 1. The summed E-state index contributed by atoms with van der Waals surface area (Å²) in [7, 11) is 1.80. The van der Waals surface area contributed by atoms with E-state index in [1.807, 2.05) is 6.92 Å². The summed E-state index contributed by atoms with van der Waals surface area (Å²) in [5.74, 6) is -1.08. The molecular weight excluding hydrogens is 268 g/mol. The van der Waals surface area contributed by atoms with Gasteiger partial charge >= 0.3 is 5.97 Å². The number of carbonyl (C=O) groups excluding carboxylic acids is 1. The van der Waals surface area contributed by atoms with Crippen molar-refractivity contribution in [2.45, 2.75) is 13.8 Å². The van der Waals surface area contributed by atoms with Crippen LogP contribution in [0.5, 0.6) is 0 Å². The zero-order valence-electron chi connectivity index (χ0n) is 12.1. The van der Waals surface area contributed by atoms with E-state index in [2.05, 4.69) is 5.10 Å². The van der Waals surface area contributed by atoms with Crippen molar-refractivity contribution in [3.05, 3.63) is 58.4 Å². The van der Waals surface area contributed by atoms with Crippen LogP contribution in [0.4, 0.5) is 0 Å². The Morgan fingerprint density at radius 2 is 1.81 bits per heavy atom. The Kier molecular flexibility index (Phi) is 4.03. The van der Waals surface area contributed by atoms with Crippen LogP contribution in [0.2, 0.25) is 0 Å². The van der Waals surface area contributed by atoms with Crippen LogP contribution in [0.3, 0.4) is 0 Å². The zero-order chi connectivity index (χ0) is 15.6. The SMILES string of the molecule is Cc1nn(C)c(C)c1C(=O)/C=C/c1ccc(C(=O)O)cc1. The zero-order valence-corrected chi connectivity index (χ0v) is 12.1. The lowest BCUT2D eigenvalue weighted by atomic mass is 10.1. The normalized spacial score (nSPS) is 11.0. The van der Waals surface area contributed by atoms with Gasteiger partial charge in [0, 0.05) is 12.7 Å². The highest BCUT2D eigenvalue weighted by Gasteiger charge is 2.14. The van der Waals surface area contributed by atoms with Crippen LogP contribution < -0.4 is 0 Å². The third kappa shape index (κ3) is 3.08. The number of benzene rings is 1. The maximum absolute atomic E-state index is 12.2. The van der Waals surface area contributed by atoms with Crippen LogP contribution >= 0.6 is 0 Å². The van der Waals surface area contributed by atoms with E-state index >= 15 is 0 Å². The molecule has 0 aliphatic rings. The Bertz CT molecular complexity index is 725. The van der Waals surface area contributed by atoms with Gasteiger partial charge in [-0.15, -0.1) is 0 Å². The molecule has 5 heteroatoms. The van der Waals surface area contributed by atoms with E-state index in [4.69, 9.17) is 5.11 Å². The number of carbonyl (C=O) groups is 2. The molecule has 0 bridgehead atoms. The van der Waals surface area contributed by atoms with Crippen LogP contribution in [-0.2, 0) is 7.05 Å². The summed E-state index contributed by atoms with van der Waals surface area (Å²) >= 11 is 0. The Labute approximate surface area is 122 Å². The van der Waals surface area contributed by atoms with Gasteiger partial charge in [-0.2, -0.15) is 5.10 Å². The summed E-state index contributed by atoms with van der Waals surface area (Å²) in [6, 6.07) is 6.34. The van der Waals surface area contributed by atoms with Crippen LogP contribution in [0.15, 0.2) is 30.3 Å². The van der Waals surface area contributed by atoms with Crippen molar-refractivity contribution in [2.75, 3.05) is 0 Å². The molecule has 5 nitrogen and oxygen atoms in total. The number of carboxylic acids is 1. The second kappa shape index (κ2) is 5.75. The molecule has 1 aromatic heterocycles. The lowest BCUT2D eigenvalue weighted by Crippen LogP contribution is -1.99. The van der Waals surface area contributed by atoms with Gasteiger partial charge in [-0.05, 0) is 37.6 Å². The monoisotopic (exact) mass is 284 g/mol. The van der Waals surface area contributed by atoms with Crippen molar-refractivity contribution in [3.8, 4) is 0 Å². The third-order valence-corrected chi connectivity index (χ3v) is 3.34. The van der Waals surface area contributed by atoms with Crippen LogP contribution in [0.1, 0.15) is 37.7 Å². The van der Waals surface area contributed by atoms with E-state index in [-0.39, 0.29) is 11.3 Å². The van der Waals surface area contributed by atoms with Crippen molar-refractivity contribution in [3.63, 3.8) is 0 Å². The van der Waals surface area contributed by atoms with Gasteiger partial charge in [-0.25, -0.2) is 4.79 Å². The molecule has 21 heavy (non-hydrogen) atoms. The minimum absolute atomic E-state index is 0.111. The highest BCUT2D eigenvalue weighted by molar-refractivity contribution is 6.08. The Hall–Kier alpha value is -2.69. The average Bonchev–Trinajstić information content (AvgIpc) is 2.70. The summed E-state index contributed by atoms with van der Waals surface area (Å²) in [4.78, 5) is 23.0. The summed E-state index contributed by atoms with van der Waals surface area (Å²) < 4.78 is 1.68. The fraction of sp³-hybridized carbons (Fsp3) is 0.188. The van der Waals surface area contributed by atoms with E-state index in [1.165, 1.54) is 18.2 Å². The number of ketones is 1. The van der Waals surface area contributed by atoms with E-state index in [0.717, 1.165) is 11.3 Å². The van der Waals surface area contributed by atoms with Crippen LogP contribution in [0.25, 0.3) is 6.08 Å². The Balaban J connectivity index is 2.20. The molecular formula is C16H16N2O3. The van der Waals surface area contributed by atoms with Gasteiger partial charge in [0.05, 0.1) is 16.8 Å². The molecule has 1 heterocycles. The van der Waals surface area contributed by atoms with E-state index < -0.39 is 5.97 Å². The second-order valence-electron chi connectivity index (χ2n) is 4.79. The number of aryl methyl sites for hydroxylation is 2. The van der Waals surface area contributed by atoms with Crippen LogP contribution in [0, 0.1) is 13.8 Å². The topological polar surface area (TPSA) is 72.2 Å². The molecule has 2 rings (SSSR count). The first-order chi connectivity index (χ1) is 9.90. The van der Waals surface area contributed by atoms with Crippen molar-refractivity contribution < 1.29 is 14.7 Å². The molecule has 2 aromatic rings. The van der Waals surface area contributed by atoms with Gasteiger partial charge in [0.1, 0.15) is 0 Å². The first-order valence-electron chi connectivity index (χ1n) is 6.46. The first kappa shape index (κ1) is 14.7. The van der Waals surface area contributed by atoms with Crippen LogP contribution in [-0.4, -0.2) is 26.6 Å². The number of carboxylic acid groups (broad SMARTS) is 1. The lowest BCUT2D eigenvalue weighted by molar-refractivity contribution is 0.0696. The molecule has 0 aliphatic carbocycles. The van der Waals surface area contributed by atoms with Gasteiger partial charge in [-0.3, -0.25) is 9.48 Å². The number of nitrogens with zero attached hydrogens (tertiary/aromatic N) is 2. The predicted molar refractivity (Wildman–Crippen MR) is 79.4 cm³/mol. The maximum atomic E-state index is 12.2. The van der Waals surface area contributed by atoms with Gasteiger partial charge in [0.15, 0.2) is 5.78 Å². The number of aromatic nitrogens is 2. The Morgan fingerprint density at radius 1 is 1.19 bits per heavy atom. The van der Waals surface area contributed by atoms with Crippen molar-refractivity contribution in [1.29, 1.82) is 0 Å². The van der Waals surface area contributed by atoms with Gasteiger partial charge in [0.25, 0.3) is 0 Å². The quantitative estimate of drug-likeness (QED) is 0.692. The van der Waals surface area contributed by atoms with E-state index in [1.54, 1.807) is 36.9 Å². The van der Waals surface area contributed by atoms with Gasteiger partial charge < -0.3 is 5.11 Å². The molecule has 0 radical (unpaired) electrons. The molecule has 0 saturated carbocycles. The highest BCUT2D eigenvalue weighted by atomic mass is 16.4. The van der Waals surface area contributed by atoms with Gasteiger partial charge in [-0.1, -0.05) is 18.2 Å². The fourth-order valence-electron chi connectivity index (χ4n) is 2.12. The third-order valence-electron chi connectivity index (χ3n) is 3.34. The molecule has 1 aromatic carbocycles. The molecule has 0 unspecified atom stereocenters. The number of hydrogen-bond acceptors (Lipinski definition) is 3. The first-order valence-corrected chi connectivity index (χ1v) is 6.46. The summed E-state index contributed by atoms with van der Waals surface area (Å²) in [5.41, 5.74) is 3.12. The molecule has 0 saturated heterocycles. The van der Waals surface area contributed by atoms with E-state index in [9.17, 15) is 9.59 Å². The minimum atomic E-state index is -0.969. The van der Waals surface area contributed by atoms with Crippen molar-refractivity contribution in [2.24, 2.45) is 7.05 Å². The highest BCUT2D eigenvalue weighted by Crippen LogP contribution is 2.14. The standard InChI is InChI=1S/C16H16N2O3/c1-10-15(11(2)18(3)17-10)14(19)9-6-12-4-7-13(8-5-12)16(20)21/h4-9H,1-3H3,(H,20,21)/b9-6+. The minimum Gasteiger partial charge on any atom is -0.478 e. The lowest BCUT2D eigenvalue weighted by Gasteiger charge is -1.98. The molecule has 0 aliphatic heterocycles. The van der Waals surface area contributed by atoms with Crippen molar-refractivity contribution in [1.82, 2.24) is 9.78 Å². The molecule has 0 spiro atoms. The number of rotatable bonds is 4. The largest absolute Gasteiger partial charge is 0.478 e. The molecule has 0 atom stereocenters. The Morgan fingerprint density at radius 3 is 2.29 bits per heavy atom. The number of aromatic carboxylic acids is 1.